The van der Waals surface area contributed by atoms with Gasteiger partial charge in [-0.3, -0.25) is 9.59 Å². The molecule has 0 aromatic heterocycles. The lowest BCUT2D eigenvalue weighted by molar-refractivity contribution is -0.127. The van der Waals surface area contributed by atoms with Gasteiger partial charge in [0.1, 0.15) is 0 Å². The summed E-state index contributed by atoms with van der Waals surface area (Å²) in [6.45, 7) is 3.51. The molecule has 0 saturated heterocycles. The van der Waals surface area contributed by atoms with Gasteiger partial charge in [0, 0.05) is 6.54 Å². The Balaban J connectivity index is 2.17. The third kappa shape index (κ3) is 7.42. The Morgan fingerprint density at radius 2 is 1.86 bits per heavy atom. The van der Waals surface area contributed by atoms with E-state index in [0.29, 0.717) is 5.92 Å². The van der Waals surface area contributed by atoms with E-state index in [-0.39, 0.29) is 36.4 Å². The van der Waals surface area contributed by atoms with Crippen LogP contribution in [-0.4, -0.2) is 50.9 Å². The third-order valence-corrected chi connectivity index (χ3v) is 5.17. The normalized spacial score (nSPS) is 16.6. The van der Waals surface area contributed by atoms with Crippen LogP contribution in [0.2, 0.25) is 0 Å². The van der Waals surface area contributed by atoms with Crippen LogP contribution in [0.25, 0.3) is 0 Å². The molecular weight excluding hydrogens is 294 g/mol. The van der Waals surface area contributed by atoms with Crippen molar-refractivity contribution < 1.29 is 18.0 Å². The Kier molecular flexibility index (Phi) is 6.60. The van der Waals surface area contributed by atoms with Crippen molar-refractivity contribution in [3.63, 3.8) is 0 Å². The van der Waals surface area contributed by atoms with Crippen molar-refractivity contribution in [1.29, 1.82) is 0 Å². The predicted octanol–water partition coefficient (Wildman–Crippen LogP) is -0.973. The largest absolute Gasteiger partial charge is 0.354 e. The number of hydrogen-bond acceptors (Lipinski definition) is 5. The van der Waals surface area contributed by atoms with Gasteiger partial charge in [-0.15, -0.1) is 0 Å². The van der Waals surface area contributed by atoms with Crippen molar-refractivity contribution in [2.24, 2.45) is 17.6 Å². The standard InChI is InChI=1S/C13H25N3O4S/c1-9(2)12(14)13(18)16-7-11(17)15-5-6-21(19,20)8-10-3-4-10/h9-10,12H,3-8,14H2,1-2H3,(H,15,17)(H,16,18)/t12-/m0/s1. The van der Waals surface area contributed by atoms with Crippen LogP contribution in [-0.2, 0) is 19.4 Å². The smallest absolute Gasteiger partial charge is 0.239 e. The number of carbonyl (C=O) groups excluding carboxylic acids is 2. The third-order valence-electron chi connectivity index (χ3n) is 3.37. The summed E-state index contributed by atoms with van der Waals surface area (Å²) >= 11 is 0. The quantitative estimate of drug-likeness (QED) is 0.505. The highest BCUT2D eigenvalue weighted by Crippen LogP contribution is 2.30. The van der Waals surface area contributed by atoms with Crippen LogP contribution in [0.15, 0.2) is 0 Å². The van der Waals surface area contributed by atoms with E-state index in [1.54, 1.807) is 0 Å². The van der Waals surface area contributed by atoms with Crippen molar-refractivity contribution in [2.75, 3.05) is 24.6 Å². The molecule has 0 spiro atoms. The van der Waals surface area contributed by atoms with Gasteiger partial charge in [-0.25, -0.2) is 8.42 Å². The van der Waals surface area contributed by atoms with Crippen molar-refractivity contribution in [2.45, 2.75) is 32.7 Å². The van der Waals surface area contributed by atoms with Crippen LogP contribution in [0.4, 0.5) is 0 Å². The molecule has 0 unspecified atom stereocenters. The fourth-order valence-corrected chi connectivity index (χ4v) is 3.35. The second-order valence-corrected chi connectivity index (χ2v) is 8.12. The average molecular weight is 319 g/mol. The van der Waals surface area contributed by atoms with E-state index in [0.717, 1.165) is 12.8 Å². The zero-order valence-corrected chi connectivity index (χ0v) is 13.4. The molecule has 0 aliphatic heterocycles. The Labute approximate surface area is 126 Å². The number of nitrogens with one attached hydrogen (secondary N) is 2. The van der Waals surface area contributed by atoms with Gasteiger partial charge in [-0.05, 0) is 24.7 Å². The first-order chi connectivity index (χ1) is 9.71. The van der Waals surface area contributed by atoms with Gasteiger partial charge in [0.25, 0.3) is 0 Å². The summed E-state index contributed by atoms with van der Waals surface area (Å²) in [5.41, 5.74) is 5.63. The highest BCUT2D eigenvalue weighted by Gasteiger charge is 2.27. The van der Waals surface area contributed by atoms with Gasteiger partial charge < -0.3 is 16.4 Å². The minimum atomic E-state index is -3.09. The van der Waals surface area contributed by atoms with Crippen LogP contribution in [0.1, 0.15) is 26.7 Å². The first-order valence-corrected chi connectivity index (χ1v) is 9.04. The van der Waals surface area contributed by atoms with E-state index in [4.69, 9.17) is 5.73 Å². The van der Waals surface area contributed by atoms with E-state index < -0.39 is 21.8 Å². The van der Waals surface area contributed by atoms with E-state index >= 15 is 0 Å². The number of hydrogen-bond donors (Lipinski definition) is 3. The molecule has 1 saturated carbocycles. The Hall–Kier alpha value is -1.15. The van der Waals surface area contributed by atoms with E-state index in [9.17, 15) is 18.0 Å². The summed E-state index contributed by atoms with van der Waals surface area (Å²) in [7, 11) is -3.09. The molecule has 0 heterocycles. The second-order valence-electron chi connectivity index (χ2n) is 5.90. The molecule has 0 bridgehead atoms. The molecule has 1 rings (SSSR count). The SMILES string of the molecule is CC(C)[C@H](N)C(=O)NCC(=O)NCCS(=O)(=O)CC1CC1. The van der Waals surface area contributed by atoms with Gasteiger partial charge >= 0.3 is 0 Å². The Bertz CT molecular complexity index is 472. The molecule has 1 atom stereocenters. The molecule has 122 valence electrons. The first-order valence-electron chi connectivity index (χ1n) is 7.21. The maximum atomic E-state index is 11.7. The van der Waals surface area contributed by atoms with E-state index in [2.05, 4.69) is 10.6 Å². The van der Waals surface area contributed by atoms with Crippen molar-refractivity contribution >= 4 is 21.7 Å². The minimum Gasteiger partial charge on any atom is -0.354 e. The molecule has 0 aromatic rings. The Morgan fingerprint density at radius 1 is 1.24 bits per heavy atom. The molecule has 7 nitrogen and oxygen atoms in total. The van der Waals surface area contributed by atoms with Crippen LogP contribution in [0.5, 0.6) is 0 Å². The average Bonchev–Trinajstić information content (AvgIpc) is 3.17. The fraction of sp³-hybridized carbons (Fsp3) is 0.846. The summed E-state index contributed by atoms with van der Waals surface area (Å²) in [6, 6.07) is -0.656. The minimum absolute atomic E-state index is 0.0133. The molecule has 8 heteroatoms. The highest BCUT2D eigenvalue weighted by atomic mass is 32.2. The monoisotopic (exact) mass is 319 g/mol. The molecule has 21 heavy (non-hydrogen) atoms. The van der Waals surface area contributed by atoms with Crippen molar-refractivity contribution in [3.8, 4) is 0 Å². The van der Waals surface area contributed by atoms with Gasteiger partial charge in [0.2, 0.25) is 11.8 Å². The fourth-order valence-electron chi connectivity index (χ4n) is 1.72. The molecule has 2 amide bonds. The topological polar surface area (TPSA) is 118 Å². The zero-order chi connectivity index (χ0) is 16.0. The summed E-state index contributed by atoms with van der Waals surface area (Å²) in [6.07, 6.45) is 1.96. The lowest BCUT2D eigenvalue weighted by atomic mass is 10.1. The van der Waals surface area contributed by atoms with Crippen molar-refractivity contribution in [3.05, 3.63) is 0 Å². The number of nitrogens with two attached hydrogens (primary N) is 1. The molecule has 0 aromatic carbocycles. The van der Waals surface area contributed by atoms with Crippen LogP contribution in [0.3, 0.4) is 0 Å². The number of sulfone groups is 1. The van der Waals surface area contributed by atoms with Gasteiger partial charge in [-0.1, -0.05) is 13.8 Å². The maximum Gasteiger partial charge on any atom is 0.239 e. The lowest BCUT2D eigenvalue weighted by Gasteiger charge is -2.15. The molecular formula is C13H25N3O4S. The molecule has 1 aliphatic carbocycles. The molecule has 1 fully saturated rings. The van der Waals surface area contributed by atoms with E-state index in [1.165, 1.54) is 0 Å². The van der Waals surface area contributed by atoms with E-state index in [1.807, 2.05) is 13.8 Å². The number of amides is 2. The first kappa shape index (κ1) is 17.9. The molecule has 0 radical (unpaired) electrons. The summed E-state index contributed by atoms with van der Waals surface area (Å²) in [5, 5.41) is 4.91. The molecule has 4 N–H and O–H groups in total. The number of carbonyl (C=O) groups is 2. The molecule has 1 aliphatic rings. The van der Waals surface area contributed by atoms with Crippen LogP contribution >= 0.6 is 0 Å². The zero-order valence-electron chi connectivity index (χ0n) is 12.6. The van der Waals surface area contributed by atoms with Gasteiger partial charge in [0.05, 0.1) is 24.1 Å². The second kappa shape index (κ2) is 7.74. The van der Waals surface area contributed by atoms with Crippen molar-refractivity contribution in [1.82, 2.24) is 10.6 Å². The maximum absolute atomic E-state index is 11.7. The van der Waals surface area contributed by atoms with Gasteiger partial charge in [0.15, 0.2) is 9.84 Å². The summed E-state index contributed by atoms with van der Waals surface area (Å²) in [4.78, 5) is 23.0. The lowest BCUT2D eigenvalue weighted by Crippen LogP contribution is -2.47. The van der Waals surface area contributed by atoms with Crippen LogP contribution in [0, 0.1) is 11.8 Å². The summed E-state index contributed by atoms with van der Waals surface area (Å²) in [5.74, 6) is -0.358. The highest BCUT2D eigenvalue weighted by molar-refractivity contribution is 7.91. The summed E-state index contributed by atoms with van der Waals surface area (Å²) < 4.78 is 23.3. The predicted molar refractivity (Wildman–Crippen MR) is 80.2 cm³/mol. The van der Waals surface area contributed by atoms with Gasteiger partial charge in [-0.2, -0.15) is 0 Å². The van der Waals surface area contributed by atoms with Crippen LogP contribution < -0.4 is 16.4 Å². The number of rotatable bonds is 9. The Morgan fingerprint density at radius 3 is 2.38 bits per heavy atom.